The number of nitrogens with one attached hydrogen (secondary N) is 1. The van der Waals surface area contributed by atoms with Crippen molar-refractivity contribution in [1.29, 1.82) is 0 Å². The van der Waals surface area contributed by atoms with Gasteiger partial charge in [0.2, 0.25) is 0 Å². The highest BCUT2D eigenvalue weighted by Gasteiger charge is 1.94. The molecule has 0 radical (unpaired) electrons. The molecule has 0 aromatic carbocycles. The van der Waals surface area contributed by atoms with Crippen molar-refractivity contribution in [2.24, 2.45) is 4.99 Å². The van der Waals surface area contributed by atoms with Crippen LogP contribution in [0.5, 0.6) is 0 Å². The first-order valence-corrected chi connectivity index (χ1v) is 6.27. The Morgan fingerprint density at radius 2 is 2.41 bits per heavy atom. The second-order valence-corrected chi connectivity index (χ2v) is 4.08. The number of rotatable bonds is 5. The minimum absolute atomic E-state index is 0.501. The lowest BCUT2D eigenvalue weighted by Gasteiger charge is -2.06. The van der Waals surface area contributed by atoms with E-state index in [4.69, 9.17) is 12.2 Å². The van der Waals surface area contributed by atoms with E-state index in [1.165, 1.54) is 6.42 Å². The van der Waals surface area contributed by atoms with Crippen LogP contribution in [-0.4, -0.2) is 16.2 Å². The van der Waals surface area contributed by atoms with E-state index in [1.807, 2.05) is 24.4 Å². The summed E-state index contributed by atoms with van der Waals surface area (Å²) in [7, 11) is 0. The van der Waals surface area contributed by atoms with E-state index in [-0.39, 0.29) is 0 Å². The van der Waals surface area contributed by atoms with Crippen molar-refractivity contribution >= 4 is 17.3 Å². The molecule has 0 saturated heterocycles. The van der Waals surface area contributed by atoms with Gasteiger partial charge in [-0.1, -0.05) is 25.5 Å². The number of aromatic nitrogens is 1. The molecular formula is C13H19N3S. The van der Waals surface area contributed by atoms with E-state index >= 15 is 0 Å². The number of pyridine rings is 1. The van der Waals surface area contributed by atoms with Crippen molar-refractivity contribution in [2.75, 3.05) is 6.54 Å². The van der Waals surface area contributed by atoms with Gasteiger partial charge in [0.1, 0.15) is 5.49 Å². The molecule has 1 N–H and O–H groups in total. The molecule has 4 heteroatoms. The summed E-state index contributed by atoms with van der Waals surface area (Å²) in [5.74, 6) is 0. The van der Waals surface area contributed by atoms with Crippen LogP contribution in [0.1, 0.15) is 19.8 Å². The molecular weight excluding hydrogens is 230 g/mol. The van der Waals surface area contributed by atoms with E-state index in [1.54, 1.807) is 6.08 Å². The lowest BCUT2D eigenvalue weighted by atomic mass is 10.3. The Balaban J connectivity index is 2.83. The first kappa shape index (κ1) is 13.6. The fourth-order valence-corrected chi connectivity index (χ4v) is 1.57. The third kappa shape index (κ3) is 4.95. The lowest BCUT2D eigenvalue weighted by molar-refractivity contribution is 0.607. The second kappa shape index (κ2) is 7.79. The standard InChI is InChI=1S/C13H19N3S/c1-3-5-10-16-11-7-6-8-12(16)15-13(17)14-9-4-2/h4,6-8,11H,2-3,5,9-10H2,1H3,(H,14,17)/b15-12+. The summed E-state index contributed by atoms with van der Waals surface area (Å²) in [6.07, 6.45) is 6.10. The number of thiocarbonyl (C=S) groups is 1. The number of hydrogen-bond donors (Lipinski definition) is 1. The number of aryl methyl sites for hydroxylation is 1. The fourth-order valence-electron chi connectivity index (χ4n) is 1.39. The molecule has 92 valence electrons. The summed E-state index contributed by atoms with van der Waals surface area (Å²) in [6, 6.07) is 5.95. The second-order valence-electron chi connectivity index (χ2n) is 3.69. The molecule has 0 aliphatic heterocycles. The summed E-state index contributed by atoms with van der Waals surface area (Å²) in [6.45, 7) is 7.42. The molecule has 0 aliphatic rings. The predicted octanol–water partition coefficient (Wildman–Crippen LogP) is 2.25. The van der Waals surface area contributed by atoms with E-state index in [0.717, 1.165) is 18.5 Å². The molecule has 0 aliphatic carbocycles. The summed E-state index contributed by atoms with van der Waals surface area (Å²) in [4.78, 5) is 4.38. The molecule has 1 aromatic heterocycles. The van der Waals surface area contributed by atoms with Gasteiger partial charge < -0.3 is 9.88 Å². The monoisotopic (exact) mass is 249 g/mol. The molecule has 0 bridgehead atoms. The molecule has 0 saturated carbocycles. The number of unbranched alkanes of at least 4 members (excludes halogenated alkanes) is 1. The Morgan fingerprint density at radius 3 is 3.12 bits per heavy atom. The van der Waals surface area contributed by atoms with Crippen LogP contribution in [0.4, 0.5) is 0 Å². The SMILES string of the molecule is C=CCNC(=S)/N=c1\ccccn1CCCC. The fraction of sp³-hybridized carbons (Fsp3) is 0.385. The van der Waals surface area contributed by atoms with Gasteiger partial charge in [-0.05, 0) is 30.8 Å². The van der Waals surface area contributed by atoms with Gasteiger partial charge in [-0.2, -0.15) is 0 Å². The number of nitrogens with zero attached hydrogens (tertiary/aromatic N) is 2. The van der Waals surface area contributed by atoms with Crippen LogP contribution in [0.15, 0.2) is 42.0 Å². The summed E-state index contributed by atoms with van der Waals surface area (Å²) < 4.78 is 2.12. The average Bonchev–Trinajstić information content (AvgIpc) is 2.35. The third-order valence-corrected chi connectivity index (χ3v) is 2.52. The largest absolute Gasteiger partial charge is 0.357 e. The van der Waals surface area contributed by atoms with Crippen LogP contribution in [0, 0.1) is 0 Å². The lowest BCUT2D eigenvalue weighted by Crippen LogP contribution is -2.26. The molecule has 0 amide bonds. The maximum absolute atomic E-state index is 5.13. The Labute approximate surface area is 108 Å². The maximum Gasteiger partial charge on any atom is 0.194 e. The Kier molecular flexibility index (Phi) is 6.25. The average molecular weight is 249 g/mol. The Hall–Kier alpha value is -1.42. The van der Waals surface area contributed by atoms with E-state index in [2.05, 4.69) is 28.4 Å². The van der Waals surface area contributed by atoms with Gasteiger partial charge >= 0.3 is 0 Å². The van der Waals surface area contributed by atoms with E-state index < -0.39 is 0 Å². The molecule has 0 fully saturated rings. The minimum Gasteiger partial charge on any atom is -0.357 e. The molecule has 1 heterocycles. The van der Waals surface area contributed by atoms with Crippen LogP contribution in [0.25, 0.3) is 0 Å². The van der Waals surface area contributed by atoms with Gasteiger partial charge in [0.05, 0.1) is 0 Å². The molecule has 1 aromatic rings. The quantitative estimate of drug-likeness (QED) is 0.640. The van der Waals surface area contributed by atoms with Gasteiger partial charge in [0.25, 0.3) is 0 Å². The predicted molar refractivity (Wildman–Crippen MR) is 75.7 cm³/mol. The van der Waals surface area contributed by atoms with Gasteiger partial charge in [0.15, 0.2) is 5.11 Å². The van der Waals surface area contributed by atoms with Crippen molar-refractivity contribution in [3.05, 3.63) is 42.5 Å². The highest BCUT2D eigenvalue weighted by atomic mass is 32.1. The summed E-state index contributed by atoms with van der Waals surface area (Å²) in [5, 5.41) is 3.50. The van der Waals surface area contributed by atoms with Crippen LogP contribution >= 0.6 is 12.2 Å². The van der Waals surface area contributed by atoms with Crippen LogP contribution in [0.2, 0.25) is 0 Å². The minimum atomic E-state index is 0.501. The zero-order valence-corrected chi connectivity index (χ0v) is 11.0. The Morgan fingerprint density at radius 1 is 1.59 bits per heavy atom. The zero-order chi connectivity index (χ0) is 12.5. The molecule has 3 nitrogen and oxygen atoms in total. The van der Waals surface area contributed by atoms with Crippen molar-refractivity contribution in [2.45, 2.75) is 26.3 Å². The van der Waals surface area contributed by atoms with E-state index in [0.29, 0.717) is 11.7 Å². The normalized spacial score (nSPS) is 11.2. The van der Waals surface area contributed by atoms with Crippen molar-refractivity contribution in [3.63, 3.8) is 0 Å². The van der Waals surface area contributed by atoms with Crippen LogP contribution in [-0.2, 0) is 6.54 Å². The van der Waals surface area contributed by atoms with Crippen LogP contribution in [0.3, 0.4) is 0 Å². The number of hydrogen-bond acceptors (Lipinski definition) is 1. The first-order valence-electron chi connectivity index (χ1n) is 5.87. The molecule has 17 heavy (non-hydrogen) atoms. The molecule has 1 rings (SSSR count). The Bertz CT molecular complexity index is 434. The topological polar surface area (TPSA) is 29.3 Å². The van der Waals surface area contributed by atoms with Gasteiger partial charge in [-0.3, -0.25) is 0 Å². The molecule has 0 spiro atoms. The van der Waals surface area contributed by atoms with Gasteiger partial charge in [0, 0.05) is 19.3 Å². The highest BCUT2D eigenvalue weighted by molar-refractivity contribution is 7.80. The van der Waals surface area contributed by atoms with Gasteiger partial charge in [-0.25, -0.2) is 4.99 Å². The van der Waals surface area contributed by atoms with E-state index in [9.17, 15) is 0 Å². The van der Waals surface area contributed by atoms with Crippen molar-refractivity contribution in [3.8, 4) is 0 Å². The van der Waals surface area contributed by atoms with Crippen molar-refractivity contribution in [1.82, 2.24) is 9.88 Å². The molecule has 0 unspecified atom stereocenters. The maximum atomic E-state index is 5.13. The first-order chi connectivity index (χ1) is 8.27. The highest BCUT2D eigenvalue weighted by Crippen LogP contribution is 1.91. The molecule has 0 atom stereocenters. The smallest absolute Gasteiger partial charge is 0.194 e. The summed E-state index contributed by atoms with van der Waals surface area (Å²) >= 11 is 5.13. The third-order valence-electron chi connectivity index (χ3n) is 2.28. The zero-order valence-electron chi connectivity index (χ0n) is 10.2. The summed E-state index contributed by atoms with van der Waals surface area (Å²) in [5.41, 5.74) is 0.891. The van der Waals surface area contributed by atoms with Crippen LogP contribution < -0.4 is 10.8 Å². The van der Waals surface area contributed by atoms with Gasteiger partial charge in [-0.15, -0.1) is 6.58 Å². The van der Waals surface area contributed by atoms with Crippen molar-refractivity contribution < 1.29 is 0 Å².